The van der Waals surface area contributed by atoms with Crippen LogP contribution in [0.15, 0.2) is 0 Å². The quantitative estimate of drug-likeness (QED) is 0.665. The molecule has 2 saturated carbocycles. The summed E-state index contributed by atoms with van der Waals surface area (Å²) >= 11 is 0. The van der Waals surface area contributed by atoms with E-state index in [9.17, 15) is 8.78 Å². The largest absolute Gasteiger partial charge is 0.375 e. The predicted octanol–water partition coefficient (Wildman–Crippen LogP) is 2.85. The van der Waals surface area contributed by atoms with Gasteiger partial charge in [-0.3, -0.25) is 0 Å². The molecule has 0 amide bonds. The van der Waals surface area contributed by atoms with E-state index < -0.39 is 5.92 Å². The Morgan fingerprint density at radius 1 is 1.38 bits per heavy atom. The number of hydrogen-bond donors (Lipinski definition) is 0. The second-order valence-corrected chi connectivity index (χ2v) is 4.34. The van der Waals surface area contributed by atoms with Crippen LogP contribution in [0, 0.1) is 11.8 Å². The molecule has 2 fully saturated rings. The van der Waals surface area contributed by atoms with Gasteiger partial charge < -0.3 is 4.74 Å². The number of rotatable bonds is 3. The van der Waals surface area contributed by atoms with Crippen LogP contribution in [0.25, 0.3) is 0 Å². The molecule has 0 bridgehead atoms. The van der Waals surface area contributed by atoms with Crippen molar-refractivity contribution in [3.8, 4) is 0 Å². The molecule has 0 aromatic heterocycles. The van der Waals surface area contributed by atoms with E-state index in [0.29, 0.717) is 12.8 Å². The Kier molecular flexibility index (Phi) is 2.10. The number of hydrogen-bond acceptors (Lipinski definition) is 1. The molecule has 0 aliphatic heterocycles. The van der Waals surface area contributed by atoms with Crippen molar-refractivity contribution >= 4 is 0 Å². The van der Waals surface area contributed by atoms with E-state index in [-0.39, 0.29) is 24.0 Å². The molecule has 1 nitrogen and oxygen atoms in total. The zero-order valence-electron chi connectivity index (χ0n) is 8.09. The fraction of sp³-hybridized carbons (Fsp3) is 1.00. The fourth-order valence-electron chi connectivity index (χ4n) is 2.30. The van der Waals surface area contributed by atoms with Crippen molar-refractivity contribution in [3.05, 3.63) is 0 Å². The van der Waals surface area contributed by atoms with Gasteiger partial charge in [-0.15, -0.1) is 0 Å². The van der Waals surface area contributed by atoms with Gasteiger partial charge in [0.1, 0.15) is 0 Å². The summed E-state index contributed by atoms with van der Waals surface area (Å²) in [6.07, 6.45) is 2.42. The highest BCUT2D eigenvalue weighted by Gasteiger charge is 2.71. The first-order valence-corrected chi connectivity index (χ1v) is 5.09. The van der Waals surface area contributed by atoms with Crippen molar-refractivity contribution in [2.45, 2.75) is 51.2 Å². The van der Waals surface area contributed by atoms with Gasteiger partial charge in [0, 0.05) is 11.8 Å². The smallest absolute Gasteiger partial charge is 0.254 e. The van der Waals surface area contributed by atoms with Gasteiger partial charge >= 0.3 is 0 Å². The minimum Gasteiger partial charge on any atom is -0.375 e. The van der Waals surface area contributed by atoms with Crippen LogP contribution in [0.4, 0.5) is 8.78 Å². The predicted molar refractivity (Wildman–Crippen MR) is 45.8 cm³/mol. The Morgan fingerprint density at radius 3 is 2.38 bits per heavy atom. The van der Waals surface area contributed by atoms with Crippen molar-refractivity contribution in [2.75, 3.05) is 0 Å². The highest BCUT2D eigenvalue weighted by Crippen LogP contribution is 2.64. The second kappa shape index (κ2) is 2.91. The van der Waals surface area contributed by atoms with Gasteiger partial charge in [0.2, 0.25) is 0 Å². The average Bonchev–Trinajstić information content (AvgIpc) is 2.54. The summed E-state index contributed by atoms with van der Waals surface area (Å²) in [5.74, 6) is -3.07. The van der Waals surface area contributed by atoms with Gasteiger partial charge in [-0.1, -0.05) is 6.92 Å². The SMILES string of the molecule is CCC(C)OC1CC2C(C1)C2(F)F. The zero-order valence-corrected chi connectivity index (χ0v) is 8.09. The Hall–Kier alpha value is -0.180. The van der Waals surface area contributed by atoms with E-state index in [2.05, 4.69) is 6.92 Å². The summed E-state index contributed by atoms with van der Waals surface area (Å²) in [5.41, 5.74) is 0. The highest BCUT2D eigenvalue weighted by atomic mass is 19.3. The van der Waals surface area contributed by atoms with E-state index in [1.165, 1.54) is 0 Å². The van der Waals surface area contributed by atoms with Gasteiger partial charge in [0.25, 0.3) is 5.92 Å². The third kappa shape index (κ3) is 1.47. The minimum absolute atomic E-state index is 0.101. The number of alkyl halides is 2. The molecular weight excluding hydrogens is 174 g/mol. The molecule has 0 aromatic carbocycles. The summed E-state index contributed by atoms with van der Waals surface area (Å²) < 4.78 is 31.2. The van der Waals surface area contributed by atoms with Crippen LogP contribution in [0.5, 0.6) is 0 Å². The van der Waals surface area contributed by atoms with Crippen molar-refractivity contribution < 1.29 is 13.5 Å². The van der Waals surface area contributed by atoms with Crippen LogP contribution in [-0.2, 0) is 4.74 Å². The van der Waals surface area contributed by atoms with Gasteiger partial charge in [0.05, 0.1) is 12.2 Å². The second-order valence-electron chi connectivity index (χ2n) is 4.34. The lowest BCUT2D eigenvalue weighted by Crippen LogP contribution is -2.20. The molecule has 2 rings (SSSR count). The molecule has 2 aliphatic rings. The first-order valence-electron chi connectivity index (χ1n) is 5.09. The standard InChI is InChI=1S/C10H16F2O/c1-3-6(2)13-7-4-8-9(5-7)10(8,11)12/h6-9H,3-5H2,1-2H3. The van der Waals surface area contributed by atoms with Gasteiger partial charge in [-0.2, -0.15) is 0 Å². The molecule has 3 atom stereocenters. The first kappa shape index (κ1) is 9.38. The summed E-state index contributed by atoms with van der Waals surface area (Å²) in [6, 6.07) is 0. The van der Waals surface area contributed by atoms with Crippen LogP contribution < -0.4 is 0 Å². The van der Waals surface area contributed by atoms with Crippen LogP contribution in [-0.4, -0.2) is 18.1 Å². The molecule has 0 saturated heterocycles. The van der Waals surface area contributed by atoms with E-state index in [1.807, 2.05) is 6.92 Å². The molecule has 3 unspecified atom stereocenters. The third-order valence-corrected chi connectivity index (χ3v) is 3.40. The molecule has 2 aliphatic carbocycles. The van der Waals surface area contributed by atoms with Crippen molar-refractivity contribution in [1.82, 2.24) is 0 Å². The van der Waals surface area contributed by atoms with E-state index in [4.69, 9.17) is 4.74 Å². The summed E-state index contributed by atoms with van der Waals surface area (Å²) in [7, 11) is 0. The summed E-state index contributed by atoms with van der Waals surface area (Å²) in [6.45, 7) is 4.05. The monoisotopic (exact) mass is 190 g/mol. The number of halogens is 2. The van der Waals surface area contributed by atoms with Crippen LogP contribution >= 0.6 is 0 Å². The molecule has 3 heteroatoms. The zero-order chi connectivity index (χ0) is 9.64. The maximum absolute atomic E-state index is 12.8. The lowest BCUT2D eigenvalue weighted by molar-refractivity contribution is -0.0317. The molecule has 0 heterocycles. The normalized spacial score (nSPS) is 42.9. The fourth-order valence-corrected chi connectivity index (χ4v) is 2.30. The lowest BCUT2D eigenvalue weighted by atomic mass is 10.2. The summed E-state index contributed by atoms with van der Waals surface area (Å²) in [4.78, 5) is 0. The highest BCUT2D eigenvalue weighted by molar-refractivity contribution is 5.11. The van der Waals surface area contributed by atoms with Gasteiger partial charge in [-0.05, 0) is 26.2 Å². The molecule has 13 heavy (non-hydrogen) atoms. The molecule has 0 aromatic rings. The summed E-state index contributed by atoms with van der Waals surface area (Å²) in [5, 5.41) is 0. The van der Waals surface area contributed by atoms with E-state index in [1.54, 1.807) is 0 Å². The first-order chi connectivity index (χ1) is 6.05. The Labute approximate surface area is 77.5 Å². The Bertz CT molecular complexity index is 191. The molecule has 0 spiro atoms. The van der Waals surface area contributed by atoms with Crippen molar-refractivity contribution in [2.24, 2.45) is 11.8 Å². The van der Waals surface area contributed by atoms with Gasteiger partial charge in [-0.25, -0.2) is 8.78 Å². The topological polar surface area (TPSA) is 9.23 Å². The number of ether oxygens (including phenoxy) is 1. The van der Waals surface area contributed by atoms with Crippen molar-refractivity contribution in [1.29, 1.82) is 0 Å². The average molecular weight is 190 g/mol. The minimum atomic E-state index is -2.35. The van der Waals surface area contributed by atoms with Crippen LogP contribution in [0.3, 0.4) is 0 Å². The Balaban J connectivity index is 1.78. The molecular formula is C10H16F2O. The number of fused-ring (bicyclic) bond motifs is 1. The van der Waals surface area contributed by atoms with Gasteiger partial charge in [0.15, 0.2) is 0 Å². The van der Waals surface area contributed by atoms with Crippen LogP contribution in [0.1, 0.15) is 33.1 Å². The van der Waals surface area contributed by atoms with E-state index >= 15 is 0 Å². The third-order valence-electron chi connectivity index (χ3n) is 3.40. The van der Waals surface area contributed by atoms with E-state index in [0.717, 1.165) is 6.42 Å². The molecule has 0 radical (unpaired) electrons. The van der Waals surface area contributed by atoms with Crippen molar-refractivity contribution in [3.63, 3.8) is 0 Å². The molecule has 76 valence electrons. The Morgan fingerprint density at radius 2 is 1.92 bits per heavy atom. The maximum atomic E-state index is 12.8. The molecule has 0 N–H and O–H groups in total. The maximum Gasteiger partial charge on any atom is 0.254 e. The van der Waals surface area contributed by atoms with Crippen LogP contribution in [0.2, 0.25) is 0 Å². The lowest BCUT2D eigenvalue weighted by Gasteiger charge is -2.19.